The van der Waals surface area contributed by atoms with E-state index in [9.17, 15) is 9.18 Å². The number of nitrogens with one attached hydrogen (secondary N) is 2. The van der Waals surface area contributed by atoms with Crippen LogP contribution in [-0.4, -0.2) is 20.7 Å². The second-order valence-electron chi connectivity index (χ2n) is 4.79. The van der Waals surface area contributed by atoms with Gasteiger partial charge < -0.3 is 10.6 Å². The zero-order valence-electron chi connectivity index (χ0n) is 12.3. The summed E-state index contributed by atoms with van der Waals surface area (Å²) in [5.74, 6) is -0.495. The predicted octanol–water partition coefficient (Wildman–Crippen LogP) is 3.04. The van der Waals surface area contributed by atoms with Gasteiger partial charge in [0.2, 0.25) is 5.91 Å². The van der Waals surface area contributed by atoms with Gasteiger partial charge in [0.15, 0.2) is 5.13 Å². The van der Waals surface area contributed by atoms with Crippen molar-refractivity contribution in [3.8, 4) is 5.69 Å². The fourth-order valence-electron chi connectivity index (χ4n) is 2.04. The van der Waals surface area contributed by atoms with Gasteiger partial charge in [-0.15, -0.1) is 11.3 Å². The van der Waals surface area contributed by atoms with E-state index in [4.69, 9.17) is 0 Å². The summed E-state index contributed by atoms with van der Waals surface area (Å²) < 4.78 is 15.2. The molecule has 23 heavy (non-hydrogen) atoms. The maximum Gasteiger partial charge on any atom is 0.223 e. The van der Waals surface area contributed by atoms with Crippen LogP contribution < -0.4 is 10.6 Å². The first-order chi connectivity index (χ1) is 11.1. The summed E-state index contributed by atoms with van der Waals surface area (Å²) in [4.78, 5) is 15.3. The minimum atomic E-state index is -0.333. The Bertz CT molecular complexity index is 815. The van der Waals surface area contributed by atoms with Gasteiger partial charge in [0.25, 0.3) is 0 Å². The van der Waals surface area contributed by atoms with E-state index in [-0.39, 0.29) is 11.7 Å². The Balaban J connectivity index is 1.76. The van der Waals surface area contributed by atoms with Crippen LogP contribution in [0.2, 0.25) is 0 Å². The smallest absolute Gasteiger partial charge is 0.223 e. The highest BCUT2D eigenvalue weighted by atomic mass is 32.1. The van der Waals surface area contributed by atoms with Crippen molar-refractivity contribution in [3.05, 3.63) is 53.6 Å². The average molecular weight is 331 g/mol. The Morgan fingerprint density at radius 2 is 2.30 bits per heavy atom. The number of anilines is 2. The van der Waals surface area contributed by atoms with Crippen LogP contribution in [0.15, 0.2) is 42.0 Å². The molecule has 0 aliphatic heterocycles. The summed E-state index contributed by atoms with van der Waals surface area (Å²) >= 11 is 1.34. The van der Waals surface area contributed by atoms with Crippen molar-refractivity contribution in [1.82, 2.24) is 14.8 Å². The molecule has 0 spiro atoms. The van der Waals surface area contributed by atoms with Gasteiger partial charge in [-0.2, -0.15) is 5.10 Å². The number of carbonyl (C=O) groups excluding carboxylic acids is 1. The molecule has 0 radical (unpaired) electrons. The maximum atomic E-state index is 13.5. The summed E-state index contributed by atoms with van der Waals surface area (Å²) in [6.07, 6.45) is 3.45. The number of thiazole rings is 1. The van der Waals surface area contributed by atoms with E-state index >= 15 is 0 Å². The average Bonchev–Trinajstić information content (AvgIpc) is 3.16. The van der Waals surface area contributed by atoms with Crippen molar-refractivity contribution in [1.29, 1.82) is 0 Å². The lowest BCUT2D eigenvalue weighted by atomic mass is 10.2. The normalized spacial score (nSPS) is 10.5. The summed E-state index contributed by atoms with van der Waals surface area (Å²) in [6.45, 7) is 1.84. The number of benzene rings is 1. The second-order valence-corrected chi connectivity index (χ2v) is 5.65. The number of halogens is 1. The number of hydrogen-bond donors (Lipinski definition) is 2. The topological polar surface area (TPSA) is 71.8 Å². The summed E-state index contributed by atoms with van der Waals surface area (Å²) in [5, 5.41) is 12.3. The molecule has 8 heteroatoms. The SMILES string of the molecule is CC(=O)Nc1nc(CNc2cc(F)ccc2-n2cccn2)cs1. The van der Waals surface area contributed by atoms with Crippen molar-refractivity contribution in [2.24, 2.45) is 0 Å². The van der Waals surface area contributed by atoms with E-state index in [0.717, 1.165) is 11.4 Å². The third-order valence-electron chi connectivity index (χ3n) is 3.00. The number of rotatable bonds is 5. The van der Waals surface area contributed by atoms with Crippen LogP contribution >= 0.6 is 11.3 Å². The number of hydrogen-bond acceptors (Lipinski definition) is 5. The minimum absolute atomic E-state index is 0.162. The molecule has 0 saturated heterocycles. The third-order valence-corrected chi connectivity index (χ3v) is 3.81. The quantitative estimate of drug-likeness (QED) is 0.754. The molecule has 2 N–H and O–H groups in total. The van der Waals surface area contributed by atoms with Crippen molar-refractivity contribution < 1.29 is 9.18 Å². The first-order valence-corrected chi connectivity index (χ1v) is 7.75. The van der Waals surface area contributed by atoms with Gasteiger partial charge >= 0.3 is 0 Å². The van der Waals surface area contributed by atoms with Gasteiger partial charge in [-0.3, -0.25) is 4.79 Å². The first-order valence-electron chi connectivity index (χ1n) is 6.87. The molecule has 0 unspecified atom stereocenters. The molecule has 0 fully saturated rings. The molecule has 0 saturated carbocycles. The van der Waals surface area contributed by atoms with E-state index in [2.05, 4.69) is 20.7 Å². The fourth-order valence-corrected chi connectivity index (χ4v) is 2.80. The zero-order valence-corrected chi connectivity index (χ0v) is 13.1. The Hall–Kier alpha value is -2.74. The molecule has 0 aliphatic carbocycles. The minimum Gasteiger partial charge on any atom is -0.378 e. The third kappa shape index (κ3) is 3.72. The molecular weight excluding hydrogens is 317 g/mol. The maximum absolute atomic E-state index is 13.5. The lowest BCUT2D eigenvalue weighted by Gasteiger charge is -2.11. The summed E-state index contributed by atoms with van der Waals surface area (Å²) in [5.41, 5.74) is 2.12. The molecule has 118 valence electrons. The molecule has 0 aliphatic rings. The van der Waals surface area contributed by atoms with Crippen molar-refractivity contribution in [2.45, 2.75) is 13.5 Å². The van der Waals surface area contributed by atoms with Crippen LogP contribution in [0.25, 0.3) is 5.69 Å². The van der Waals surface area contributed by atoms with Crippen LogP contribution in [0.4, 0.5) is 15.2 Å². The summed E-state index contributed by atoms with van der Waals surface area (Å²) in [6, 6.07) is 6.26. The molecule has 1 aromatic carbocycles. The largest absolute Gasteiger partial charge is 0.378 e. The molecule has 1 amide bonds. The monoisotopic (exact) mass is 331 g/mol. The van der Waals surface area contributed by atoms with Gasteiger partial charge in [-0.25, -0.2) is 14.1 Å². The standard InChI is InChI=1S/C15H14FN5OS/c1-10(22)19-15-20-12(9-23-15)8-17-13-7-11(16)3-4-14(13)21-6-2-5-18-21/h2-7,9,17H,8H2,1H3,(H,19,20,22). The van der Waals surface area contributed by atoms with E-state index in [1.54, 1.807) is 29.2 Å². The molecule has 2 heterocycles. The second kappa shape index (κ2) is 6.57. The molecule has 2 aromatic heterocycles. The zero-order chi connectivity index (χ0) is 16.2. The van der Waals surface area contributed by atoms with Gasteiger partial charge in [0, 0.05) is 24.7 Å². The first kappa shape index (κ1) is 15.2. The number of aromatic nitrogens is 3. The van der Waals surface area contributed by atoms with E-state index in [1.807, 2.05) is 5.38 Å². The Labute approximate surface area is 136 Å². The van der Waals surface area contributed by atoms with E-state index in [1.165, 1.54) is 30.4 Å². The van der Waals surface area contributed by atoms with E-state index < -0.39 is 0 Å². The van der Waals surface area contributed by atoms with Gasteiger partial charge in [-0.05, 0) is 24.3 Å². The van der Waals surface area contributed by atoms with Crippen LogP contribution in [0.3, 0.4) is 0 Å². The number of nitrogens with zero attached hydrogens (tertiary/aromatic N) is 3. The van der Waals surface area contributed by atoms with Crippen molar-refractivity contribution in [2.75, 3.05) is 10.6 Å². The summed E-state index contributed by atoms with van der Waals surface area (Å²) in [7, 11) is 0. The highest BCUT2D eigenvalue weighted by Crippen LogP contribution is 2.22. The van der Waals surface area contributed by atoms with Crippen LogP contribution in [0.1, 0.15) is 12.6 Å². The van der Waals surface area contributed by atoms with Crippen LogP contribution in [0, 0.1) is 5.82 Å². The molecule has 3 rings (SSSR count). The molecule has 0 bridgehead atoms. The van der Waals surface area contributed by atoms with Crippen LogP contribution in [-0.2, 0) is 11.3 Å². The lowest BCUT2D eigenvalue weighted by molar-refractivity contribution is -0.114. The highest BCUT2D eigenvalue weighted by Gasteiger charge is 2.08. The van der Waals surface area contributed by atoms with Gasteiger partial charge in [0.05, 0.1) is 23.6 Å². The molecule has 6 nitrogen and oxygen atoms in total. The van der Waals surface area contributed by atoms with Gasteiger partial charge in [0.1, 0.15) is 5.82 Å². The number of amides is 1. The molecule has 3 aromatic rings. The number of carbonyl (C=O) groups is 1. The molecule has 0 atom stereocenters. The predicted molar refractivity (Wildman–Crippen MR) is 87.3 cm³/mol. The Morgan fingerprint density at radius 3 is 3.04 bits per heavy atom. The van der Waals surface area contributed by atoms with E-state index in [0.29, 0.717) is 17.4 Å². The van der Waals surface area contributed by atoms with Gasteiger partial charge in [-0.1, -0.05) is 0 Å². The van der Waals surface area contributed by atoms with Crippen molar-refractivity contribution in [3.63, 3.8) is 0 Å². The van der Waals surface area contributed by atoms with Crippen molar-refractivity contribution >= 4 is 28.1 Å². The Morgan fingerprint density at radius 1 is 1.43 bits per heavy atom. The lowest BCUT2D eigenvalue weighted by Crippen LogP contribution is -2.07. The fraction of sp³-hybridized carbons (Fsp3) is 0.133. The molecular formula is C15H14FN5OS. The highest BCUT2D eigenvalue weighted by molar-refractivity contribution is 7.13. The Kier molecular flexibility index (Phi) is 4.33. The van der Waals surface area contributed by atoms with Crippen LogP contribution in [0.5, 0.6) is 0 Å².